The predicted octanol–water partition coefficient (Wildman–Crippen LogP) is 13.7. The quantitative estimate of drug-likeness (QED) is 0.0782. The van der Waals surface area contributed by atoms with Gasteiger partial charge in [-0.15, -0.1) is 0 Å². The molecule has 0 atom stereocenters. The minimum absolute atomic E-state index is 1.10. The van der Waals surface area contributed by atoms with Crippen molar-refractivity contribution in [3.05, 3.63) is 19.6 Å². The fourth-order valence-electron chi connectivity index (χ4n) is 5.57. The van der Waals surface area contributed by atoms with E-state index in [2.05, 4.69) is 6.92 Å². The van der Waals surface area contributed by atoms with E-state index in [0.29, 0.717) is 0 Å². The van der Waals surface area contributed by atoms with E-state index in [1.165, 1.54) is 199 Å². The first-order valence-corrected chi connectivity index (χ1v) is 17.2. The van der Waals surface area contributed by atoms with E-state index in [0.717, 1.165) is 12.8 Å². The minimum Gasteiger partial charge on any atom is -0.0845 e. The molecule has 0 heterocycles. The summed E-state index contributed by atoms with van der Waals surface area (Å²) in [7, 11) is 0. The summed E-state index contributed by atoms with van der Waals surface area (Å²) < 4.78 is 0. The number of hydrogen-bond donors (Lipinski definition) is 0. The molecule has 0 heteroatoms. The monoisotopic (exact) mass is 503 g/mol. The van der Waals surface area contributed by atoms with Gasteiger partial charge in [0.2, 0.25) is 0 Å². The van der Waals surface area contributed by atoms with Crippen LogP contribution in [-0.4, -0.2) is 0 Å². The Morgan fingerprint density at radius 1 is 0.278 bits per heavy atom. The molecule has 36 heavy (non-hydrogen) atoms. The van der Waals surface area contributed by atoms with E-state index < -0.39 is 0 Å². The van der Waals surface area contributed by atoms with Gasteiger partial charge in [0.15, 0.2) is 0 Å². The molecule has 0 saturated heterocycles. The number of hydrogen-bond acceptors (Lipinski definition) is 0. The van der Waals surface area contributed by atoms with Crippen molar-refractivity contribution in [1.82, 2.24) is 0 Å². The third-order valence-corrected chi connectivity index (χ3v) is 8.12. The lowest BCUT2D eigenvalue weighted by molar-refractivity contribution is 0.512. The Kier molecular flexibility index (Phi) is 34.5. The van der Waals surface area contributed by atoms with Crippen LogP contribution in [0.1, 0.15) is 212 Å². The SMILES string of the molecule is [CH]=CCCCCCCCCCCCCCCCCCCCCCCCCCCCCCCCCC[CH2]. The molecule has 0 spiro atoms. The van der Waals surface area contributed by atoms with Crippen molar-refractivity contribution in [2.45, 2.75) is 212 Å². The lowest BCUT2D eigenvalue weighted by Crippen LogP contribution is -1.85. The summed E-state index contributed by atoms with van der Waals surface area (Å²) >= 11 is 0. The Bertz CT molecular complexity index is 370. The second-order valence-corrected chi connectivity index (χ2v) is 11.8. The molecule has 2 radical (unpaired) electrons. The van der Waals surface area contributed by atoms with Crippen LogP contribution >= 0.6 is 0 Å². The summed E-state index contributed by atoms with van der Waals surface area (Å²) in [5, 5.41) is 0. The van der Waals surface area contributed by atoms with Crippen molar-refractivity contribution in [3.8, 4) is 0 Å². The van der Waals surface area contributed by atoms with Crippen LogP contribution in [0.15, 0.2) is 6.08 Å². The molecule has 0 bridgehead atoms. The maximum Gasteiger partial charge on any atom is -0.0348 e. The fraction of sp³-hybridized carbons (Fsp3) is 0.917. The Morgan fingerprint density at radius 3 is 0.611 bits per heavy atom. The molecule has 0 aliphatic carbocycles. The van der Waals surface area contributed by atoms with Gasteiger partial charge < -0.3 is 0 Å². The average molecular weight is 503 g/mol. The van der Waals surface area contributed by atoms with Crippen LogP contribution in [0.2, 0.25) is 0 Å². The van der Waals surface area contributed by atoms with Crippen molar-refractivity contribution in [1.29, 1.82) is 0 Å². The van der Waals surface area contributed by atoms with E-state index in [9.17, 15) is 0 Å². The smallest absolute Gasteiger partial charge is 0.0348 e. The molecule has 0 unspecified atom stereocenters. The van der Waals surface area contributed by atoms with Crippen molar-refractivity contribution in [3.63, 3.8) is 0 Å². The second-order valence-electron chi connectivity index (χ2n) is 11.8. The zero-order valence-electron chi connectivity index (χ0n) is 25.2. The second kappa shape index (κ2) is 34.7. The van der Waals surface area contributed by atoms with Gasteiger partial charge in [-0.2, -0.15) is 0 Å². The van der Waals surface area contributed by atoms with Gasteiger partial charge in [-0.25, -0.2) is 0 Å². The third kappa shape index (κ3) is 33.7. The molecule has 214 valence electrons. The Morgan fingerprint density at radius 2 is 0.444 bits per heavy atom. The Labute approximate surface area is 231 Å². The molecule has 0 aromatic heterocycles. The van der Waals surface area contributed by atoms with Gasteiger partial charge in [-0.3, -0.25) is 0 Å². The van der Waals surface area contributed by atoms with Gasteiger partial charge >= 0.3 is 0 Å². The molecular formula is C36H70. The molecular weight excluding hydrogens is 432 g/mol. The van der Waals surface area contributed by atoms with E-state index in [4.69, 9.17) is 6.58 Å². The zero-order valence-corrected chi connectivity index (χ0v) is 25.2. The van der Waals surface area contributed by atoms with Crippen LogP contribution in [0.25, 0.3) is 0 Å². The molecule has 0 aliphatic rings. The van der Waals surface area contributed by atoms with Crippen LogP contribution in [0.4, 0.5) is 0 Å². The zero-order chi connectivity index (χ0) is 26.0. The van der Waals surface area contributed by atoms with Crippen LogP contribution in [0.3, 0.4) is 0 Å². The minimum atomic E-state index is 1.10. The molecule has 0 aromatic carbocycles. The normalized spacial score (nSPS) is 11.4. The Balaban J connectivity index is 3.00. The summed E-state index contributed by atoms with van der Waals surface area (Å²) in [6.45, 7) is 9.34. The van der Waals surface area contributed by atoms with Gasteiger partial charge in [0.05, 0.1) is 0 Å². The maximum atomic E-state index is 5.42. The van der Waals surface area contributed by atoms with Crippen LogP contribution < -0.4 is 0 Å². The van der Waals surface area contributed by atoms with E-state index >= 15 is 0 Å². The van der Waals surface area contributed by atoms with Gasteiger partial charge in [0.25, 0.3) is 0 Å². The van der Waals surface area contributed by atoms with Gasteiger partial charge in [-0.1, -0.05) is 219 Å². The van der Waals surface area contributed by atoms with E-state index in [-0.39, 0.29) is 0 Å². The summed E-state index contributed by atoms with van der Waals surface area (Å²) in [5.74, 6) is 0. The number of allylic oxidation sites excluding steroid dienone is 1. The highest BCUT2D eigenvalue weighted by Crippen LogP contribution is 2.16. The summed E-state index contributed by atoms with van der Waals surface area (Å²) in [5.41, 5.74) is 0. The van der Waals surface area contributed by atoms with E-state index in [1.54, 1.807) is 0 Å². The van der Waals surface area contributed by atoms with Crippen molar-refractivity contribution in [2.75, 3.05) is 0 Å². The number of unbranched alkanes of at least 4 members (excludes halogenated alkanes) is 32. The molecule has 0 nitrogen and oxygen atoms in total. The van der Waals surface area contributed by atoms with Crippen molar-refractivity contribution >= 4 is 0 Å². The third-order valence-electron chi connectivity index (χ3n) is 8.12. The molecule has 0 N–H and O–H groups in total. The van der Waals surface area contributed by atoms with E-state index in [1.807, 2.05) is 6.08 Å². The highest BCUT2D eigenvalue weighted by Gasteiger charge is 1.97. The van der Waals surface area contributed by atoms with Gasteiger partial charge in [0, 0.05) is 0 Å². The van der Waals surface area contributed by atoms with Gasteiger partial charge in [0.1, 0.15) is 0 Å². The molecule has 0 amide bonds. The van der Waals surface area contributed by atoms with Crippen LogP contribution in [0, 0.1) is 13.5 Å². The first-order chi connectivity index (χ1) is 17.9. The predicted molar refractivity (Wildman–Crippen MR) is 167 cm³/mol. The first-order valence-electron chi connectivity index (χ1n) is 17.2. The maximum absolute atomic E-state index is 5.42. The number of rotatable bonds is 33. The van der Waals surface area contributed by atoms with Crippen molar-refractivity contribution < 1.29 is 0 Å². The van der Waals surface area contributed by atoms with Crippen LogP contribution in [0.5, 0.6) is 0 Å². The largest absolute Gasteiger partial charge is 0.0845 e. The molecule has 0 saturated carbocycles. The first kappa shape index (κ1) is 35.7. The lowest BCUT2D eigenvalue weighted by atomic mass is 10.0. The molecule has 0 aromatic rings. The van der Waals surface area contributed by atoms with Crippen molar-refractivity contribution in [2.24, 2.45) is 0 Å². The van der Waals surface area contributed by atoms with Gasteiger partial charge in [-0.05, 0) is 12.8 Å². The topological polar surface area (TPSA) is 0 Å². The highest BCUT2D eigenvalue weighted by atomic mass is 14.0. The Hall–Kier alpha value is -0.260. The van der Waals surface area contributed by atoms with Crippen LogP contribution in [-0.2, 0) is 0 Å². The summed E-state index contributed by atoms with van der Waals surface area (Å²) in [6.07, 6.45) is 49.2. The standard InChI is InChI=1S/C36H70/c1-3-5-7-9-11-13-15-17-19-21-23-25-27-29-31-33-35-36-34-32-30-28-26-24-22-20-18-16-14-12-10-8-6-4-2/h1,3H,2,4-36H2. The fourth-order valence-corrected chi connectivity index (χ4v) is 5.57. The average Bonchev–Trinajstić information content (AvgIpc) is 2.89. The summed E-state index contributed by atoms with van der Waals surface area (Å²) in [4.78, 5) is 0. The summed E-state index contributed by atoms with van der Waals surface area (Å²) in [6, 6.07) is 0. The highest BCUT2D eigenvalue weighted by molar-refractivity contribution is 4.61. The molecule has 0 rings (SSSR count). The lowest BCUT2D eigenvalue weighted by Gasteiger charge is -2.04. The molecule has 0 aliphatic heterocycles. The molecule has 0 fully saturated rings.